The molecule has 1 aromatic carbocycles. The molecule has 1 fully saturated rings. The summed E-state index contributed by atoms with van der Waals surface area (Å²) >= 11 is 0. The Morgan fingerprint density at radius 2 is 1.95 bits per heavy atom. The van der Waals surface area contributed by atoms with Crippen LogP contribution >= 0.6 is 0 Å². The molecule has 0 atom stereocenters. The van der Waals surface area contributed by atoms with Gasteiger partial charge in [0, 0.05) is 13.1 Å². The van der Waals surface area contributed by atoms with Gasteiger partial charge < -0.3 is 15.4 Å². The van der Waals surface area contributed by atoms with Gasteiger partial charge in [0.05, 0.1) is 0 Å². The van der Waals surface area contributed by atoms with E-state index in [4.69, 9.17) is 10.00 Å². The van der Waals surface area contributed by atoms with Crippen LogP contribution < -0.4 is 10.6 Å². The molecule has 0 aliphatic carbocycles. The summed E-state index contributed by atoms with van der Waals surface area (Å²) in [5, 5.41) is 14.3. The van der Waals surface area contributed by atoms with Crippen LogP contribution in [0, 0.1) is 11.3 Å². The number of benzene rings is 1. The standard InChI is InChI=1S/C14H13N3O3/c15-8-11(12-13(18)17-7-6-16-12)14(19)20-9-10-4-2-1-3-5-10/h1-5,16H,6-7,9H2,(H,17,18)/b12-11-. The molecule has 1 saturated heterocycles. The van der Waals surface area contributed by atoms with Crippen LogP contribution in [0.2, 0.25) is 0 Å². The molecular formula is C14H13N3O3. The minimum absolute atomic E-state index is 0.0307. The fourth-order valence-corrected chi connectivity index (χ4v) is 1.73. The van der Waals surface area contributed by atoms with Crippen molar-refractivity contribution >= 4 is 11.9 Å². The van der Waals surface area contributed by atoms with Gasteiger partial charge in [0.25, 0.3) is 5.91 Å². The summed E-state index contributed by atoms with van der Waals surface area (Å²) < 4.78 is 5.04. The number of nitriles is 1. The first kappa shape index (κ1) is 13.6. The van der Waals surface area contributed by atoms with E-state index in [0.717, 1.165) is 5.56 Å². The zero-order chi connectivity index (χ0) is 14.4. The molecule has 2 N–H and O–H groups in total. The molecular weight excluding hydrogens is 258 g/mol. The van der Waals surface area contributed by atoms with Gasteiger partial charge in [0.15, 0.2) is 5.57 Å². The zero-order valence-corrected chi connectivity index (χ0v) is 10.7. The van der Waals surface area contributed by atoms with Crippen LogP contribution in [0.25, 0.3) is 0 Å². The van der Waals surface area contributed by atoms with Crippen LogP contribution in [-0.4, -0.2) is 25.0 Å². The molecule has 0 saturated carbocycles. The molecule has 0 aromatic heterocycles. The van der Waals surface area contributed by atoms with E-state index in [1.807, 2.05) is 18.2 Å². The second-order valence-electron chi connectivity index (χ2n) is 4.11. The molecule has 1 aromatic rings. The number of hydrogen-bond donors (Lipinski definition) is 2. The van der Waals surface area contributed by atoms with Gasteiger partial charge in [-0.05, 0) is 5.56 Å². The number of nitrogens with zero attached hydrogens (tertiary/aromatic N) is 1. The van der Waals surface area contributed by atoms with Gasteiger partial charge in [-0.15, -0.1) is 0 Å². The highest BCUT2D eigenvalue weighted by atomic mass is 16.5. The molecule has 2 rings (SSSR count). The fraction of sp³-hybridized carbons (Fsp3) is 0.214. The highest BCUT2D eigenvalue weighted by Crippen LogP contribution is 2.08. The third kappa shape index (κ3) is 3.14. The predicted molar refractivity (Wildman–Crippen MR) is 69.9 cm³/mol. The maximum Gasteiger partial charge on any atom is 0.351 e. The molecule has 0 bridgehead atoms. The first-order valence-corrected chi connectivity index (χ1v) is 6.10. The van der Waals surface area contributed by atoms with Crippen LogP contribution in [0.3, 0.4) is 0 Å². The highest BCUT2D eigenvalue weighted by molar-refractivity contribution is 6.05. The van der Waals surface area contributed by atoms with Crippen LogP contribution in [0.4, 0.5) is 0 Å². The number of nitrogens with one attached hydrogen (secondary N) is 2. The maximum atomic E-state index is 11.9. The summed E-state index contributed by atoms with van der Waals surface area (Å²) in [5.74, 6) is -1.28. The Morgan fingerprint density at radius 1 is 1.25 bits per heavy atom. The van der Waals surface area contributed by atoms with Gasteiger partial charge in [0.1, 0.15) is 18.4 Å². The lowest BCUT2D eigenvalue weighted by Gasteiger charge is -2.18. The van der Waals surface area contributed by atoms with E-state index in [0.29, 0.717) is 13.1 Å². The lowest BCUT2D eigenvalue weighted by Crippen LogP contribution is -2.44. The van der Waals surface area contributed by atoms with Crippen LogP contribution in [0.15, 0.2) is 41.6 Å². The monoisotopic (exact) mass is 271 g/mol. The van der Waals surface area contributed by atoms with Crippen molar-refractivity contribution in [3.63, 3.8) is 0 Å². The number of piperazine rings is 1. The molecule has 1 amide bonds. The Hall–Kier alpha value is -2.81. The van der Waals surface area contributed by atoms with Crippen molar-refractivity contribution in [2.75, 3.05) is 13.1 Å². The van der Waals surface area contributed by atoms with E-state index < -0.39 is 11.9 Å². The smallest absolute Gasteiger partial charge is 0.351 e. The molecule has 6 nitrogen and oxygen atoms in total. The Bertz CT molecular complexity index is 587. The third-order valence-electron chi connectivity index (χ3n) is 2.72. The first-order valence-electron chi connectivity index (χ1n) is 6.10. The Balaban J connectivity index is 2.08. The van der Waals surface area contributed by atoms with Crippen LogP contribution in [0.5, 0.6) is 0 Å². The van der Waals surface area contributed by atoms with Crippen molar-refractivity contribution in [3.05, 3.63) is 47.2 Å². The van der Waals surface area contributed by atoms with Crippen molar-refractivity contribution in [2.45, 2.75) is 6.61 Å². The summed E-state index contributed by atoms with van der Waals surface area (Å²) in [6.07, 6.45) is 0. The summed E-state index contributed by atoms with van der Waals surface area (Å²) in [6, 6.07) is 10.8. The van der Waals surface area contributed by atoms with Crippen molar-refractivity contribution in [3.8, 4) is 6.07 Å². The van der Waals surface area contributed by atoms with Crippen molar-refractivity contribution < 1.29 is 14.3 Å². The molecule has 0 radical (unpaired) electrons. The Morgan fingerprint density at radius 3 is 2.60 bits per heavy atom. The molecule has 6 heteroatoms. The summed E-state index contributed by atoms with van der Waals surface area (Å²) in [5.41, 5.74) is 0.471. The number of rotatable bonds is 3. The Labute approximate surface area is 116 Å². The molecule has 1 aliphatic heterocycles. The fourth-order valence-electron chi connectivity index (χ4n) is 1.73. The molecule has 102 valence electrons. The van der Waals surface area contributed by atoms with E-state index in [1.54, 1.807) is 18.2 Å². The van der Waals surface area contributed by atoms with E-state index in [9.17, 15) is 9.59 Å². The largest absolute Gasteiger partial charge is 0.457 e. The minimum Gasteiger partial charge on any atom is -0.457 e. The number of ether oxygens (including phenoxy) is 1. The van der Waals surface area contributed by atoms with Crippen molar-refractivity contribution in [1.82, 2.24) is 10.6 Å². The molecule has 0 spiro atoms. The second kappa shape index (κ2) is 6.38. The molecule has 1 aliphatic rings. The van der Waals surface area contributed by atoms with E-state index in [2.05, 4.69) is 10.6 Å². The number of amides is 1. The molecule has 1 heterocycles. The molecule has 20 heavy (non-hydrogen) atoms. The normalized spacial score (nSPS) is 16.4. The minimum atomic E-state index is -0.809. The van der Waals surface area contributed by atoms with E-state index in [1.165, 1.54) is 0 Å². The van der Waals surface area contributed by atoms with Crippen molar-refractivity contribution in [2.24, 2.45) is 0 Å². The number of carbonyl (C=O) groups is 2. The summed E-state index contributed by atoms with van der Waals surface area (Å²) in [6.45, 7) is 0.984. The van der Waals surface area contributed by atoms with Gasteiger partial charge in [-0.1, -0.05) is 30.3 Å². The molecule has 0 unspecified atom stereocenters. The van der Waals surface area contributed by atoms with Crippen LogP contribution in [-0.2, 0) is 20.9 Å². The van der Waals surface area contributed by atoms with Gasteiger partial charge in [0.2, 0.25) is 0 Å². The van der Waals surface area contributed by atoms with Gasteiger partial charge >= 0.3 is 5.97 Å². The average molecular weight is 271 g/mol. The predicted octanol–water partition coefficient (Wildman–Crippen LogP) is 0.227. The second-order valence-corrected chi connectivity index (χ2v) is 4.11. The zero-order valence-electron chi connectivity index (χ0n) is 10.7. The van der Waals surface area contributed by atoms with Gasteiger partial charge in [-0.25, -0.2) is 4.79 Å². The topological polar surface area (TPSA) is 91.2 Å². The number of esters is 1. The van der Waals surface area contributed by atoms with E-state index >= 15 is 0 Å². The lowest BCUT2D eigenvalue weighted by molar-refractivity contribution is -0.140. The summed E-state index contributed by atoms with van der Waals surface area (Å²) in [4.78, 5) is 23.5. The quantitative estimate of drug-likeness (QED) is 0.466. The Kier molecular flexibility index (Phi) is 4.35. The van der Waals surface area contributed by atoms with E-state index in [-0.39, 0.29) is 17.9 Å². The van der Waals surface area contributed by atoms with Gasteiger partial charge in [-0.3, -0.25) is 4.79 Å². The highest BCUT2D eigenvalue weighted by Gasteiger charge is 2.24. The van der Waals surface area contributed by atoms with Gasteiger partial charge in [-0.2, -0.15) is 5.26 Å². The maximum absolute atomic E-state index is 11.9. The average Bonchev–Trinajstić information content (AvgIpc) is 2.49. The third-order valence-corrected chi connectivity index (χ3v) is 2.72. The number of carbonyl (C=O) groups excluding carboxylic acids is 2. The summed E-state index contributed by atoms with van der Waals surface area (Å²) in [7, 11) is 0. The number of hydrogen-bond acceptors (Lipinski definition) is 5. The van der Waals surface area contributed by atoms with Crippen LogP contribution in [0.1, 0.15) is 5.56 Å². The SMILES string of the molecule is N#C/C(C(=O)OCc1ccccc1)=C1/NCCNC1=O. The lowest BCUT2D eigenvalue weighted by atomic mass is 10.2. The van der Waals surface area contributed by atoms with Crippen molar-refractivity contribution in [1.29, 1.82) is 5.26 Å². The first-order chi connectivity index (χ1) is 9.72.